The second-order valence-corrected chi connectivity index (χ2v) is 2.04. The van der Waals surface area contributed by atoms with Gasteiger partial charge in [-0.25, -0.2) is 0 Å². The Morgan fingerprint density at radius 3 is 2.43 bits per heavy atom. The highest BCUT2D eigenvalue weighted by Gasteiger charge is 1.75. The maximum absolute atomic E-state index is 9.69. The molecule has 0 fully saturated rings. The third-order valence-corrected chi connectivity index (χ3v) is 0.784. The predicted molar refractivity (Wildman–Crippen MR) is 24.2 cm³/mol. The molecule has 0 aliphatic carbocycles. The maximum Gasteiger partial charge on any atom is 0.183 e. The molecule has 7 heavy (non-hydrogen) atoms. The highest BCUT2D eigenvalue weighted by atomic mass is 32.2. The van der Waals surface area contributed by atoms with Crippen LogP contribution in [0.25, 0.3) is 0 Å². The van der Waals surface area contributed by atoms with Crippen LogP contribution in [0, 0.1) is 11.7 Å². The van der Waals surface area contributed by atoms with E-state index in [0.29, 0.717) is 0 Å². The Hall–Kier alpha value is -0.260. The fourth-order valence-corrected chi connectivity index (χ4v) is 0.361. The fraction of sp³-hybridized carbons (Fsp3) is 0.500. The van der Waals surface area contributed by atoms with E-state index >= 15 is 0 Å². The lowest BCUT2D eigenvalue weighted by Crippen LogP contribution is -1.88. The minimum absolute atomic E-state index is 0.0914. The molecule has 1 radical (unpaired) electrons. The lowest BCUT2D eigenvalue weighted by Gasteiger charge is -2.00. The first-order chi connectivity index (χ1) is 3.06. The van der Waals surface area contributed by atoms with E-state index in [-0.39, 0.29) is 6.54 Å². The van der Waals surface area contributed by atoms with Gasteiger partial charge in [0.1, 0.15) is 0 Å². The van der Waals surface area contributed by atoms with E-state index < -0.39 is 10.2 Å². The molecule has 0 saturated carbocycles. The van der Waals surface area contributed by atoms with Gasteiger partial charge in [-0.3, -0.25) is 4.78 Å². The van der Waals surface area contributed by atoms with Crippen molar-refractivity contribution in [3.05, 3.63) is 6.92 Å². The quantitative estimate of drug-likeness (QED) is 0.500. The molecule has 0 heterocycles. The first kappa shape index (κ1) is 6.74. The standard InChI is InChI=1S/C2H5N2O2S/c1-2-4-7(3,5)6/h1-2H2,(H-,3,4,5). The second kappa shape index (κ2) is 2.15. The highest BCUT2D eigenvalue weighted by Crippen LogP contribution is 1.81. The zero-order valence-electron chi connectivity index (χ0n) is 3.59. The zero-order chi connectivity index (χ0) is 5.91. The van der Waals surface area contributed by atoms with Crippen molar-refractivity contribution in [1.29, 1.82) is 4.78 Å². The van der Waals surface area contributed by atoms with Crippen LogP contribution >= 0.6 is 0 Å². The Balaban J connectivity index is 4.02. The van der Waals surface area contributed by atoms with Crippen molar-refractivity contribution in [2.45, 2.75) is 0 Å². The summed E-state index contributed by atoms with van der Waals surface area (Å²) in [6, 6.07) is 0. The van der Waals surface area contributed by atoms with Gasteiger partial charge < -0.3 is 4.55 Å². The molecule has 0 saturated heterocycles. The molecule has 41 valence electrons. The SMILES string of the molecule is [CH2+]CN=S(=N)([O])[O-]. The largest absolute Gasteiger partial charge is 0.757 e. The molecule has 0 unspecified atom stereocenters. The molecule has 0 amide bonds. The molecule has 0 spiro atoms. The first-order valence-corrected chi connectivity index (χ1v) is 2.98. The van der Waals surface area contributed by atoms with E-state index in [0.717, 1.165) is 0 Å². The van der Waals surface area contributed by atoms with Crippen LogP contribution < -0.4 is 0 Å². The van der Waals surface area contributed by atoms with Crippen molar-refractivity contribution < 1.29 is 9.11 Å². The van der Waals surface area contributed by atoms with Crippen molar-refractivity contribution in [1.82, 2.24) is 0 Å². The average molecular weight is 121 g/mol. The number of nitrogens with one attached hydrogen (secondary N) is 1. The van der Waals surface area contributed by atoms with E-state index in [1.165, 1.54) is 0 Å². The van der Waals surface area contributed by atoms with Crippen LogP contribution in [0.4, 0.5) is 0 Å². The van der Waals surface area contributed by atoms with E-state index in [9.17, 15) is 9.11 Å². The van der Waals surface area contributed by atoms with Crippen LogP contribution in [-0.4, -0.2) is 11.1 Å². The Bertz CT molecular complexity index is 138. The molecule has 4 nitrogen and oxygen atoms in total. The van der Waals surface area contributed by atoms with Gasteiger partial charge in [0.05, 0.1) is 6.92 Å². The molecule has 5 heteroatoms. The Kier molecular flexibility index (Phi) is 2.07. The molecule has 0 aromatic carbocycles. The van der Waals surface area contributed by atoms with Gasteiger partial charge in [0.25, 0.3) is 0 Å². The Morgan fingerprint density at radius 2 is 2.43 bits per heavy atom. The number of rotatable bonds is 1. The summed E-state index contributed by atoms with van der Waals surface area (Å²) < 4.78 is 28.3. The molecular formula is C2H5N2O2S. The summed E-state index contributed by atoms with van der Waals surface area (Å²) in [5, 5.41) is 0. The highest BCUT2D eigenvalue weighted by molar-refractivity contribution is 7.83. The molecule has 1 N–H and O–H groups in total. The Morgan fingerprint density at radius 1 is 2.00 bits per heavy atom. The molecule has 0 aromatic rings. The van der Waals surface area contributed by atoms with Gasteiger partial charge in [0.15, 0.2) is 6.54 Å². The molecule has 0 bridgehead atoms. The minimum atomic E-state index is -3.86. The maximum atomic E-state index is 9.69. The summed E-state index contributed by atoms with van der Waals surface area (Å²) in [6.07, 6.45) is 0. The Labute approximate surface area is 42.8 Å². The summed E-state index contributed by atoms with van der Waals surface area (Å²) in [5.74, 6) is 0. The predicted octanol–water partition coefficient (Wildman–Crippen LogP) is 0.396. The number of nitrogens with zero attached hydrogens (tertiary/aromatic N) is 1. The molecule has 0 aliphatic heterocycles. The third-order valence-electron chi connectivity index (χ3n) is 0.261. The molecule has 0 atom stereocenters. The van der Waals surface area contributed by atoms with Gasteiger partial charge in [-0.1, -0.05) is 0 Å². The molecule has 0 rings (SSSR count). The minimum Gasteiger partial charge on any atom is -0.757 e. The summed E-state index contributed by atoms with van der Waals surface area (Å²) in [7, 11) is -3.86. The van der Waals surface area contributed by atoms with Crippen LogP contribution in [-0.2, 0) is 14.7 Å². The fourth-order valence-electron chi connectivity index (χ4n) is 0.120. The molecular weight excluding hydrogens is 116 g/mol. The van der Waals surface area contributed by atoms with E-state index in [1.54, 1.807) is 0 Å². The van der Waals surface area contributed by atoms with Crippen molar-refractivity contribution in [2.75, 3.05) is 6.54 Å². The topological polar surface area (TPSA) is 79.2 Å². The van der Waals surface area contributed by atoms with Crippen molar-refractivity contribution in [3.8, 4) is 0 Å². The van der Waals surface area contributed by atoms with Crippen LogP contribution in [0.2, 0.25) is 0 Å². The lowest BCUT2D eigenvalue weighted by atomic mass is 10.8. The third kappa shape index (κ3) is 5.74. The van der Waals surface area contributed by atoms with Crippen LogP contribution in [0.1, 0.15) is 0 Å². The van der Waals surface area contributed by atoms with Gasteiger partial charge >= 0.3 is 0 Å². The molecule has 0 aliphatic rings. The van der Waals surface area contributed by atoms with Crippen LogP contribution in [0.15, 0.2) is 4.36 Å². The van der Waals surface area contributed by atoms with Crippen molar-refractivity contribution in [2.24, 2.45) is 4.36 Å². The average Bonchev–Trinajstić information content (AvgIpc) is 1.30. The van der Waals surface area contributed by atoms with Crippen LogP contribution in [0.5, 0.6) is 0 Å². The monoisotopic (exact) mass is 121 g/mol. The number of hydrogen-bond acceptors (Lipinski definition) is 3. The van der Waals surface area contributed by atoms with Gasteiger partial charge in [-0.05, 0) is 0 Å². The number of hydrogen-bond donors (Lipinski definition) is 1. The van der Waals surface area contributed by atoms with Gasteiger partial charge in [-0.15, -0.1) is 4.55 Å². The summed E-state index contributed by atoms with van der Waals surface area (Å²) in [6.45, 7) is 3.01. The van der Waals surface area contributed by atoms with E-state index in [4.69, 9.17) is 4.78 Å². The van der Waals surface area contributed by atoms with Gasteiger partial charge in [-0.2, -0.15) is 4.36 Å². The lowest BCUT2D eigenvalue weighted by molar-refractivity contribution is 0.408. The second-order valence-electron chi connectivity index (χ2n) is 0.828. The van der Waals surface area contributed by atoms with Gasteiger partial charge in [0, 0.05) is 10.2 Å². The zero-order valence-corrected chi connectivity index (χ0v) is 4.40. The van der Waals surface area contributed by atoms with E-state index in [2.05, 4.69) is 11.3 Å². The normalized spacial score (nSPS) is 18.0. The van der Waals surface area contributed by atoms with Crippen molar-refractivity contribution in [3.63, 3.8) is 0 Å². The summed E-state index contributed by atoms with van der Waals surface area (Å²) >= 11 is 0. The van der Waals surface area contributed by atoms with Gasteiger partial charge in [0.2, 0.25) is 0 Å². The smallest absolute Gasteiger partial charge is 0.183 e. The first-order valence-electron chi connectivity index (χ1n) is 1.54. The molecule has 0 aromatic heterocycles. The van der Waals surface area contributed by atoms with Crippen molar-refractivity contribution >= 4 is 10.2 Å². The summed E-state index contributed by atoms with van der Waals surface area (Å²) in [4.78, 5) is 0. The van der Waals surface area contributed by atoms with Crippen LogP contribution in [0.3, 0.4) is 0 Å². The van der Waals surface area contributed by atoms with E-state index in [1.807, 2.05) is 0 Å². The summed E-state index contributed by atoms with van der Waals surface area (Å²) in [5.41, 5.74) is 0.